The highest BCUT2D eigenvalue weighted by Crippen LogP contribution is 2.60. The molecule has 1 unspecified atom stereocenters. The number of ether oxygens (including phenoxy) is 1. The first-order valence-electron chi connectivity index (χ1n) is 16.4. The second-order valence-electron chi connectivity index (χ2n) is 13.8. The molecule has 0 spiro atoms. The Morgan fingerprint density at radius 1 is 1.06 bits per heavy atom. The fourth-order valence-electron chi connectivity index (χ4n) is 7.01. The average Bonchev–Trinajstić information content (AvgIpc) is 3.48. The van der Waals surface area contributed by atoms with Gasteiger partial charge in [0.25, 0.3) is 11.8 Å². The lowest BCUT2D eigenvalue weighted by Crippen LogP contribution is -2.32. The van der Waals surface area contributed by atoms with Crippen LogP contribution in [0.2, 0.25) is 0 Å². The molecule has 10 nitrogen and oxygen atoms in total. The molecule has 270 valence electrons. The molecule has 1 aliphatic carbocycles. The number of amides is 1. The summed E-state index contributed by atoms with van der Waals surface area (Å²) in [6.45, 7) is 0.416. The quantitative estimate of drug-likeness (QED) is 0.158. The Hall–Kier alpha value is -5.49. The predicted molar refractivity (Wildman–Crippen MR) is 184 cm³/mol. The van der Waals surface area contributed by atoms with Gasteiger partial charge in [0.1, 0.15) is 35.3 Å². The van der Waals surface area contributed by atoms with Gasteiger partial charge in [0.05, 0.1) is 28.8 Å². The normalized spacial score (nSPS) is 18.0. The molecule has 2 aromatic heterocycles. The summed E-state index contributed by atoms with van der Waals surface area (Å²) in [5.41, 5.74) is -2.21. The molecule has 1 aliphatic heterocycles. The Bertz CT molecular complexity index is 2320. The number of nitrogens with zero attached hydrogens (tertiary/aromatic N) is 7. The number of hydrogen-bond donors (Lipinski definition) is 1. The molecule has 2 aliphatic rings. The van der Waals surface area contributed by atoms with E-state index in [0.717, 1.165) is 18.2 Å². The van der Waals surface area contributed by atoms with E-state index in [9.17, 15) is 23.1 Å². The van der Waals surface area contributed by atoms with Gasteiger partial charge in [-0.1, -0.05) is 12.0 Å². The summed E-state index contributed by atoms with van der Waals surface area (Å²) in [5, 5.41) is 15.2. The fraction of sp³-hybridized carbons (Fsp3) is 0.351. The van der Waals surface area contributed by atoms with Crippen molar-refractivity contribution < 1.29 is 36.6 Å². The van der Waals surface area contributed by atoms with Crippen LogP contribution in [0.25, 0.3) is 32.8 Å². The molecule has 1 saturated carbocycles. The third-order valence-electron chi connectivity index (χ3n) is 9.55. The van der Waals surface area contributed by atoms with Crippen molar-refractivity contribution in [2.45, 2.75) is 31.9 Å². The van der Waals surface area contributed by atoms with Gasteiger partial charge in [0, 0.05) is 56.5 Å². The maximum atomic E-state index is 17.0. The molecule has 1 fully saturated rings. The van der Waals surface area contributed by atoms with Crippen molar-refractivity contribution in [1.82, 2.24) is 29.5 Å². The maximum absolute atomic E-state index is 17.0. The smallest absolute Gasteiger partial charge is 0.319 e. The molecule has 0 saturated heterocycles. The van der Waals surface area contributed by atoms with Crippen molar-refractivity contribution >= 4 is 33.4 Å². The summed E-state index contributed by atoms with van der Waals surface area (Å²) in [7, 11) is 6.54. The van der Waals surface area contributed by atoms with Crippen LogP contribution in [0.1, 0.15) is 34.6 Å². The van der Waals surface area contributed by atoms with Crippen LogP contribution in [-0.2, 0) is 13.1 Å². The zero-order chi connectivity index (χ0) is 37.3. The minimum absolute atomic E-state index is 0.00588. The van der Waals surface area contributed by atoms with Crippen LogP contribution in [0.5, 0.6) is 11.8 Å². The number of alkyl halides is 2. The number of anilines is 1. The van der Waals surface area contributed by atoms with E-state index in [-0.39, 0.29) is 63.5 Å². The van der Waals surface area contributed by atoms with E-state index in [1.165, 1.54) is 17.0 Å². The summed E-state index contributed by atoms with van der Waals surface area (Å²) < 4.78 is 85.2. The van der Waals surface area contributed by atoms with Crippen molar-refractivity contribution in [3.63, 3.8) is 0 Å². The highest BCUT2D eigenvalue weighted by Gasteiger charge is 2.71. The van der Waals surface area contributed by atoms with Crippen molar-refractivity contribution in [3.05, 3.63) is 70.8 Å². The average molecular weight is 720 g/mol. The van der Waals surface area contributed by atoms with Gasteiger partial charge in [-0.25, -0.2) is 22.0 Å². The SMILES string of the molecule is C#Cc1c(F)ccc2cc(O)cc(-c3c(F)cc4c(N5CCCn6nc(C(=O)N(C)C)cc6C5)nc(OCC5(CN(C)C)CC5(F)F)nc4c3F)c12. The van der Waals surface area contributed by atoms with Gasteiger partial charge in [-0.2, -0.15) is 15.1 Å². The molecule has 0 bridgehead atoms. The lowest BCUT2D eigenvalue weighted by atomic mass is 9.92. The molecular weight excluding hydrogens is 685 g/mol. The highest BCUT2D eigenvalue weighted by molar-refractivity contribution is 6.04. The zero-order valence-electron chi connectivity index (χ0n) is 28.8. The Kier molecular flexibility index (Phi) is 8.48. The number of carbonyl (C=O) groups is 1. The minimum atomic E-state index is -3.01. The number of carbonyl (C=O) groups excluding carboxylic acids is 1. The summed E-state index contributed by atoms with van der Waals surface area (Å²) >= 11 is 0. The number of rotatable bonds is 8. The summed E-state index contributed by atoms with van der Waals surface area (Å²) in [6, 6.07) is 7.04. The van der Waals surface area contributed by atoms with E-state index in [0.29, 0.717) is 25.2 Å². The van der Waals surface area contributed by atoms with Crippen LogP contribution in [0.15, 0.2) is 36.4 Å². The molecule has 1 atom stereocenters. The third kappa shape index (κ3) is 5.90. The first-order chi connectivity index (χ1) is 24.6. The van der Waals surface area contributed by atoms with Crippen LogP contribution < -0.4 is 9.64 Å². The third-order valence-corrected chi connectivity index (χ3v) is 9.55. The van der Waals surface area contributed by atoms with E-state index < -0.39 is 58.9 Å². The van der Waals surface area contributed by atoms with Gasteiger partial charge in [-0.3, -0.25) is 9.48 Å². The largest absolute Gasteiger partial charge is 0.508 e. The number of phenolic OH excluding ortho intramolecular Hbond substituents is 1. The van der Waals surface area contributed by atoms with Crippen molar-refractivity contribution in [3.8, 4) is 35.2 Å². The second-order valence-corrected chi connectivity index (χ2v) is 13.8. The molecule has 7 rings (SSSR count). The van der Waals surface area contributed by atoms with Gasteiger partial charge >= 0.3 is 6.01 Å². The van der Waals surface area contributed by atoms with Gasteiger partial charge in [-0.05, 0) is 56.2 Å². The fourth-order valence-corrected chi connectivity index (χ4v) is 7.01. The minimum Gasteiger partial charge on any atom is -0.508 e. The molecule has 3 heterocycles. The molecule has 0 radical (unpaired) electrons. The van der Waals surface area contributed by atoms with Crippen LogP contribution in [0.4, 0.5) is 27.8 Å². The summed E-state index contributed by atoms with van der Waals surface area (Å²) in [4.78, 5) is 26.3. The number of phenols is 1. The van der Waals surface area contributed by atoms with Gasteiger partial charge in [0.2, 0.25) is 0 Å². The number of hydrogen-bond acceptors (Lipinski definition) is 8. The van der Waals surface area contributed by atoms with E-state index >= 15 is 8.78 Å². The first kappa shape index (κ1) is 34.9. The molecule has 3 aromatic carbocycles. The van der Waals surface area contributed by atoms with Gasteiger partial charge in [-0.15, -0.1) is 6.42 Å². The molecule has 15 heteroatoms. The predicted octanol–water partition coefficient (Wildman–Crippen LogP) is 5.83. The van der Waals surface area contributed by atoms with Crippen molar-refractivity contribution in [1.29, 1.82) is 0 Å². The Labute approximate surface area is 295 Å². The number of aromatic nitrogens is 4. The molecule has 52 heavy (non-hydrogen) atoms. The van der Waals surface area contributed by atoms with Crippen LogP contribution in [0.3, 0.4) is 0 Å². The number of benzene rings is 3. The summed E-state index contributed by atoms with van der Waals surface area (Å²) in [5.74, 6) is -4.45. The van der Waals surface area contributed by atoms with Crippen LogP contribution in [-0.4, -0.2) is 94.4 Å². The topological polar surface area (TPSA) is 99.9 Å². The van der Waals surface area contributed by atoms with Gasteiger partial charge in [0.15, 0.2) is 11.5 Å². The van der Waals surface area contributed by atoms with Crippen molar-refractivity contribution in [2.24, 2.45) is 5.41 Å². The molecule has 5 aromatic rings. The monoisotopic (exact) mass is 719 g/mol. The number of aromatic hydroxyl groups is 1. The number of terminal acetylenes is 1. The second kappa shape index (κ2) is 12.6. The van der Waals surface area contributed by atoms with Crippen LogP contribution in [0, 0.1) is 35.2 Å². The first-order valence-corrected chi connectivity index (χ1v) is 16.4. The lowest BCUT2D eigenvalue weighted by Gasteiger charge is -2.25. The Morgan fingerprint density at radius 2 is 1.81 bits per heavy atom. The maximum Gasteiger partial charge on any atom is 0.319 e. The van der Waals surface area contributed by atoms with Crippen LogP contribution >= 0.6 is 0 Å². The number of aryl methyl sites for hydroxylation is 1. The standard InChI is InChI=1S/C37H34F5N7O3/c1-6-23-26(38)9-8-20-12-22(50)14-24(29(20)23)30-27(39)15-25-32(31(30)40)43-35(52-19-36(18-46(2)3)17-37(36,41)42)44-33(25)48-10-7-11-49-21(16-48)13-28(45-49)34(51)47(4)5/h1,8-9,12-15,50H,7,10-11,16-19H2,2-5H3. The van der Waals surface area contributed by atoms with Crippen molar-refractivity contribution in [2.75, 3.05) is 52.8 Å². The zero-order valence-corrected chi connectivity index (χ0v) is 28.8. The lowest BCUT2D eigenvalue weighted by molar-refractivity contribution is 0.0288. The van der Waals surface area contributed by atoms with E-state index in [4.69, 9.17) is 11.2 Å². The molecule has 1 amide bonds. The Balaban J connectivity index is 1.41. The van der Waals surface area contributed by atoms with E-state index in [1.807, 2.05) is 0 Å². The summed E-state index contributed by atoms with van der Waals surface area (Å²) in [6.07, 6.45) is 5.70. The van der Waals surface area contributed by atoms with Gasteiger partial charge < -0.3 is 24.5 Å². The Morgan fingerprint density at radius 3 is 2.48 bits per heavy atom. The van der Waals surface area contributed by atoms with E-state index in [1.54, 1.807) is 48.7 Å². The van der Waals surface area contributed by atoms with E-state index in [2.05, 4.69) is 21.0 Å². The molecule has 1 N–H and O–H groups in total. The number of halogens is 5. The number of fused-ring (bicyclic) bond motifs is 3. The highest BCUT2D eigenvalue weighted by atomic mass is 19.3. The molecular formula is C37H34F5N7O3.